The van der Waals surface area contributed by atoms with E-state index in [4.69, 9.17) is 23.2 Å². The molecule has 0 radical (unpaired) electrons. The highest BCUT2D eigenvalue weighted by molar-refractivity contribution is 6.35. The van der Waals surface area contributed by atoms with Gasteiger partial charge in [0.25, 0.3) is 5.56 Å². The molecule has 0 unspecified atom stereocenters. The standard InChI is InChI=1S/C24H27Cl2N5O2/c1-17-23(24(33)31(28(17)2)18-7-4-3-5-8-18)27-22(32)16-30-13-11-29(12-14-30)15-19-20(25)9-6-10-21(19)26/h3-10H,11-16H2,1-2H3,(H,27,32). The van der Waals surface area contributed by atoms with Crippen LogP contribution < -0.4 is 10.9 Å². The predicted molar refractivity (Wildman–Crippen MR) is 133 cm³/mol. The summed E-state index contributed by atoms with van der Waals surface area (Å²) in [4.78, 5) is 30.1. The summed E-state index contributed by atoms with van der Waals surface area (Å²) in [7, 11) is 1.81. The van der Waals surface area contributed by atoms with Crippen LogP contribution in [0.4, 0.5) is 5.69 Å². The Labute approximate surface area is 203 Å². The molecule has 9 heteroatoms. The largest absolute Gasteiger partial charge is 0.319 e. The van der Waals surface area contributed by atoms with Crippen LogP contribution in [0.3, 0.4) is 0 Å². The van der Waals surface area contributed by atoms with E-state index in [0.29, 0.717) is 28.0 Å². The van der Waals surface area contributed by atoms with Crippen LogP contribution >= 0.6 is 23.2 Å². The minimum absolute atomic E-state index is 0.191. The maximum atomic E-state index is 13.0. The molecule has 174 valence electrons. The van der Waals surface area contributed by atoms with Crippen LogP contribution in [0.5, 0.6) is 0 Å². The molecule has 0 atom stereocenters. The molecule has 1 amide bonds. The lowest BCUT2D eigenvalue weighted by atomic mass is 10.2. The molecular formula is C24H27Cl2N5O2. The SMILES string of the molecule is Cc1c(NC(=O)CN2CCN(Cc3c(Cl)cccc3Cl)CC2)c(=O)n(-c2ccccc2)n1C. The first-order chi connectivity index (χ1) is 15.8. The Morgan fingerprint density at radius 3 is 2.18 bits per heavy atom. The Balaban J connectivity index is 1.36. The Kier molecular flexibility index (Phi) is 7.24. The van der Waals surface area contributed by atoms with Crippen molar-refractivity contribution < 1.29 is 4.79 Å². The number of anilines is 1. The zero-order valence-electron chi connectivity index (χ0n) is 18.7. The molecule has 1 fully saturated rings. The third-order valence-electron chi connectivity index (χ3n) is 6.09. The van der Waals surface area contributed by atoms with Gasteiger partial charge >= 0.3 is 0 Å². The van der Waals surface area contributed by atoms with Gasteiger partial charge < -0.3 is 5.32 Å². The van der Waals surface area contributed by atoms with E-state index in [0.717, 1.165) is 37.4 Å². The Hall–Kier alpha value is -2.58. The van der Waals surface area contributed by atoms with E-state index in [1.807, 2.05) is 62.5 Å². The van der Waals surface area contributed by atoms with E-state index < -0.39 is 0 Å². The van der Waals surface area contributed by atoms with Crippen molar-refractivity contribution in [3.63, 3.8) is 0 Å². The first-order valence-electron chi connectivity index (χ1n) is 10.9. The number of halogens is 2. The fraction of sp³-hybridized carbons (Fsp3) is 0.333. The molecule has 1 saturated heterocycles. The summed E-state index contributed by atoms with van der Waals surface area (Å²) in [5, 5.41) is 4.18. The number of nitrogens with zero attached hydrogens (tertiary/aromatic N) is 4. The van der Waals surface area contributed by atoms with Crippen molar-refractivity contribution in [2.45, 2.75) is 13.5 Å². The first-order valence-corrected chi connectivity index (χ1v) is 11.6. The van der Waals surface area contributed by atoms with E-state index in [1.165, 1.54) is 0 Å². The van der Waals surface area contributed by atoms with Crippen molar-refractivity contribution in [2.75, 3.05) is 38.0 Å². The quantitative estimate of drug-likeness (QED) is 0.577. The Bertz CT molecular complexity index is 1180. The van der Waals surface area contributed by atoms with Crippen LogP contribution in [0.1, 0.15) is 11.3 Å². The summed E-state index contributed by atoms with van der Waals surface area (Å²) in [6.07, 6.45) is 0. The number of hydrogen-bond acceptors (Lipinski definition) is 4. The molecule has 1 aromatic heterocycles. The second-order valence-electron chi connectivity index (χ2n) is 8.24. The molecule has 1 aliphatic heterocycles. The minimum Gasteiger partial charge on any atom is -0.319 e. The summed E-state index contributed by atoms with van der Waals surface area (Å²) >= 11 is 12.6. The van der Waals surface area contributed by atoms with Crippen molar-refractivity contribution in [3.8, 4) is 5.69 Å². The van der Waals surface area contributed by atoms with Crippen molar-refractivity contribution in [2.24, 2.45) is 7.05 Å². The van der Waals surface area contributed by atoms with Crippen LogP contribution in [0, 0.1) is 6.92 Å². The smallest absolute Gasteiger partial charge is 0.295 e. The van der Waals surface area contributed by atoms with Crippen LogP contribution in [-0.4, -0.2) is 57.8 Å². The Morgan fingerprint density at radius 2 is 1.55 bits per heavy atom. The van der Waals surface area contributed by atoms with Gasteiger partial charge in [-0.05, 0) is 31.2 Å². The number of para-hydroxylation sites is 1. The van der Waals surface area contributed by atoms with Gasteiger partial charge in [-0.2, -0.15) is 0 Å². The van der Waals surface area contributed by atoms with Gasteiger partial charge in [-0.15, -0.1) is 0 Å². The minimum atomic E-state index is -0.240. The van der Waals surface area contributed by atoms with Gasteiger partial charge in [-0.3, -0.25) is 24.1 Å². The van der Waals surface area contributed by atoms with Gasteiger partial charge in [0, 0.05) is 55.4 Å². The molecule has 2 aromatic carbocycles. The van der Waals surface area contributed by atoms with Crippen LogP contribution in [0.15, 0.2) is 53.3 Å². The molecule has 0 saturated carbocycles. The normalized spacial score (nSPS) is 15.0. The lowest BCUT2D eigenvalue weighted by molar-refractivity contribution is -0.117. The summed E-state index contributed by atoms with van der Waals surface area (Å²) in [5.41, 5.74) is 2.47. The monoisotopic (exact) mass is 487 g/mol. The highest BCUT2D eigenvalue weighted by Gasteiger charge is 2.23. The molecule has 0 bridgehead atoms. The number of benzene rings is 2. The highest BCUT2D eigenvalue weighted by Crippen LogP contribution is 2.26. The second kappa shape index (κ2) is 10.1. The molecule has 7 nitrogen and oxygen atoms in total. The van der Waals surface area contributed by atoms with Crippen molar-refractivity contribution >= 4 is 34.8 Å². The van der Waals surface area contributed by atoms with E-state index in [9.17, 15) is 9.59 Å². The van der Waals surface area contributed by atoms with Crippen LogP contribution in [-0.2, 0) is 18.4 Å². The zero-order valence-corrected chi connectivity index (χ0v) is 20.2. The topological polar surface area (TPSA) is 62.5 Å². The van der Waals surface area contributed by atoms with Crippen LogP contribution in [0.25, 0.3) is 5.69 Å². The van der Waals surface area contributed by atoms with Gasteiger partial charge in [-0.1, -0.05) is 47.5 Å². The number of carbonyl (C=O) groups is 1. The number of nitrogens with one attached hydrogen (secondary N) is 1. The summed E-state index contributed by atoms with van der Waals surface area (Å²) < 4.78 is 3.31. The van der Waals surface area contributed by atoms with Gasteiger partial charge in [0.05, 0.1) is 17.9 Å². The lowest BCUT2D eigenvalue weighted by Crippen LogP contribution is -2.48. The van der Waals surface area contributed by atoms with Gasteiger partial charge in [0.1, 0.15) is 5.69 Å². The van der Waals surface area contributed by atoms with Crippen molar-refractivity contribution in [1.82, 2.24) is 19.2 Å². The molecule has 2 heterocycles. The fourth-order valence-corrected chi connectivity index (χ4v) is 4.62. The van der Waals surface area contributed by atoms with E-state index in [2.05, 4.69) is 15.1 Å². The lowest BCUT2D eigenvalue weighted by Gasteiger charge is -2.34. The number of carbonyl (C=O) groups excluding carboxylic acids is 1. The molecular weight excluding hydrogens is 461 g/mol. The third-order valence-corrected chi connectivity index (χ3v) is 6.80. The van der Waals surface area contributed by atoms with E-state index >= 15 is 0 Å². The molecule has 33 heavy (non-hydrogen) atoms. The van der Waals surface area contributed by atoms with E-state index in [1.54, 1.807) is 9.36 Å². The maximum Gasteiger partial charge on any atom is 0.295 e. The predicted octanol–water partition coefficient (Wildman–Crippen LogP) is 3.55. The van der Waals surface area contributed by atoms with Gasteiger partial charge in [0.2, 0.25) is 5.91 Å². The second-order valence-corrected chi connectivity index (χ2v) is 9.05. The molecule has 0 aliphatic carbocycles. The summed E-state index contributed by atoms with van der Waals surface area (Å²) in [5.74, 6) is -0.191. The van der Waals surface area contributed by atoms with Crippen molar-refractivity contribution in [1.29, 1.82) is 0 Å². The van der Waals surface area contributed by atoms with Gasteiger partial charge in [-0.25, -0.2) is 4.68 Å². The average Bonchev–Trinajstić information content (AvgIpc) is 3.01. The maximum absolute atomic E-state index is 13.0. The summed E-state index contributed by atoms with van der Waals surface area (Å²) in [6.45, 7) is 5.85. The molecule has 3 aromatic rings. The third kappa shape index (κ3) is 5.17. The van der Waals surface area contributed by atoms with Crippen molar-refractivity contribution in [3.05, 3.63) is 80.2 Å². The van der Waals surface area contributed by atoms with E-state index in [-0.39, 0.29) is 18.0 Å². The number of aromatic nitrogens is 2. The molecule has 0 spiro atoms. The van der Waals surface area contributed by atoms with Crippen LogP contribution in [0.2, 0.25) is 10.0 Å². The number of hydrogen-bond donors (Lipinski definition) is 1. The van der Waals surface area contributed by atoms with Gasteiger partial charge in [0.15, 0.2) is 0 Å². The average molecular weight is 488 g/mol. The summed E-state index contributed by atoms with van der Waals surface area (Å²) in [6, 6.07) is 14.9. The first kappa shape index (κ1) is 23.6. The highest BCUT2D eigenvalue weighted by atomic mass is 35.5. The molecule has 4 rings (SSSR count). The molecule has 1 aliphatic rings. The zero-order chi connectivity index (χ0) is 23.5. The number of piperazine rings is 1. The number of rotatable bonds is 6. The number of amides is 1. The Morgan fingerprint density at radius 1 is 0.939 bits per heavy atom. The fourth-order valence-electron chi connectivity index (χ4n) is 4.11. The molecule has 1 N–H and O–H groups in total.